The first-order valence-electron chi connectivity index (χ1n) is 9.36. The van der Waals surface area contributed by atoms with Crippen LogP contribution in [0.2, 0.25) is 0 Å². The Morgan fingerprint density at radius 3 is 2.47 bits per heavy atom. The number of nitrogens with one attached hydrogen (secondary N) is 2. The maximum Gasteiger partial charge on any atom is 0.416 e. The molecule has 2 rings (SSSR count). The van der Waals surface area contributed by atoms with E-state index in [1.165, 1.54) is 30.4 Å². The van der Waals surface area contributed by atoms with Crippen molar-refractivity contribution in [1.29, 1.82) is 0 Å². The van der Waals surface area contributed by atoms with Gasteiger partial charge in [0.2, 0.25) is 5.91 Å². The summed E-state index contributed by atoms with van der Waals surface area (Å²) >= 11 is 0. The van der Waals surface area contributed by atoms with Crippen LogP contribution in [0.15, 0.2) is 43.0 Å². The van der Waals surface area contributed by atoms with E-state index in [0.29, 0.717) is 22.3 Å². The van der Waals surface area contributed by atoms with Crippen molar-refractivity contribution in [1.82, 2.24) is 5.32 Å². The lowest BCUT2D eigenvalue weighted by Gasteiger charge is -2.16. The van der Waals surface area contributed by atoms with Gasteiger partial charge in [-0.1, -0.05) is 18.7 Å². The van der Waals surface area contributed by atoms with Gasteiger partial charge in [0.05, 0.1) is 5.56 Å². The number of alkyl halides is 3. The van der Waals surface area contributed by atoms with Gasteiger partial charge in [-0.25, -0.2) is 4.39 Å². The smallest absolute Gasteiger partial charge is 0.382 e. The molecule has 0 atom stereocenters. The highest BCUT2D eigenvalue weighted by molar-refractivity contribution is 5.92. The normalized spacial score (nSPS) is 11.7. The van der Waals surface area contributed by atoms with Gasteiger partial charge in [-0.2, -0.15) is 13.2 Å². The molecule has 0 spiro atoms. The number of hydrogen-bond acceptors (Lipinski definition) is 2. The SMILES string of the molecule is C=Cc1cc(CNC(=O)/C=C/c2ccc(C(F)(F)F)cc2NC(C)C)cc(F)c1C. The summed E-state index contributed by atoms with van der Waals surface area (Å²) in [6.07, 6.45) is -0.254. The lowest BCUT2D eigenvalue weighted by molar-refractivity contribution is -0.137. The molecule has 0 aliphatic carbocycles. The van der Waals surface area contributed by atoms with Crippen LogP contribution in [0, 0.1) is 12.7 Å². The molecule has 7 heteroatoms. The molecule has 0 aliphatic heterocycles. The van der Waals surface area contributed by atoms with Gasteiger partial charge in [-0.3, -0.25) is 4.79 Å². The molecule has 2 aromatic rings. The molecule has 0 heterocycles. The van der Waals surface area contributed by atoms with Gasteiger partial charge in [0.1, 0.15) is 5.82 Å². The third-order valence-electron chi connectivity index (χ3n) is 4.37. The van der Waals surface area contributed by atoms with Crippen LogP contribution >= 0.6 is 0 Å². The summed E-state index contributed by atoms with van der Waals surface area (Å²) in [6, 6.07) is 6.27. The summed E-state index contributed by atoms with van der Waals surface area (Å²) < 4.78 is 52.9. The van der Waals surface area contributed by atoms with Gasteiger partial charge in [0.15, 0.2) is 0 Å². The molecule has 0 fully saturated rings. The minimum Gasteiger partial charge on any atom is -0.382 e. The third kappa shape index (κ3) is 6.20. The van der Waals surface area contributed by atoms with Crippen molar-refractivity contribution < 1.29 is 22.4 Å². The van der Waals surface area contributed by atoms with Crippen molar-refractivity contribution in [2.24, 2.45) is 0 Å². The first-order chi connectivity index (χ1) is 14.0. The summed E-state index contributed by atoms with van der Waals surface area (Å²) in [5, 5.41) is 5.59. The Labute approximate surface area is 173 Å². The third-order valence-corrected chi connectivity index (χ3v) is 4.37. The zero-order valence-electron chi connectivity index (χ0n) is 17.0. The molecule has 0 bridgehead atoms. The number of carbonyl (C=O) groups excluding carboxylic acids is 1. The van der Waals surface area contributed by atoms with E-state index in [4.69, 9.17) is 0 Å². The first-order valence-corrected chi connectivity index (χ1v) is 9.36. The van der Waals surface area contributed by atoms with Crippen LogP contribution in [0.4, 0.5) is 23.2 Å². The van der Waals surface area contributed by atoms with Crippen molar-refractivity contribution >= 4 is 23.7 Å². The molecule has 0 unspecified atom stereocenters. The zero-order valence-corrected chi connectivity index (χ0v) is 17.0. The van der Waals surface area contributed by atoms with E-state index in [-0.39, 0.29) is 24.1 Å². The van der Waals surface area contributed by atoms with Gasteiger partial charge in [-0.15, -0.1) is 0 Å². The fraction of sp³-hybridized carbons (Fsp3) is 0.261. The standard InChI is InChI=1S/C23H24F4N2O/c1-5-17-10-16(11-20(24)15(17)4)13-28-22(30)9-7-18-6-8-19(23(25,26)27)12-21(18)29-14(2)3/h5-12,14,29H,1,13H2,2-4H3,(H,28,30)/b9-7+. The van der Waals surface area contributed by atoms with Crippen LogP contribution in [0.5, 0.6) is 0 Å². The predicted molar refractivity (Wildman–Crippen MR) is 112 cm³/mol. The average molecular weight is 420 g/mol. The van der Waals surface area contributed by atoms with Crippen molar-refractivity contribution in [3.8, 4) is 0 Å². The van der Waals surface area contributed by atoms with Crippen molar-refractivity contribution in [2.45, 2.75) is 39.5 Å². The molecule has 3 nitrogen and oxygen atoms in total. The lowest BCUT2D eigenvalue weighted by Crippen LogP contribution is -2.20. The van der Waals surface area contributed by atoms with Crippen LogP contribution in [-0.2, 0) is 17.5 Å². The Hall–Kier alpha value is -3.09. The Morgan fingerprint density at radius 1 is 1.17 bits per heavy atom. The molecule has 0 radical (unpaired) electrons. The van der Waals surface area contributed by atoms with Gasteiger partial charge in [-0.05, 0) is 73.4 Å². The van der Waals surface area contributed by atoms with Crippen molar-refractivity contribution in [2.75, 3.05) is 5.32 Å². The van der Waals surface area contributed by atoms with Crippen molar-refractivity contribution in [3.05, 3.63) is 76.6 Å². The number of carbonyl (C=O) groups is 1. The molecule has 0 aromatic heterocycles. The highest BCUT2D eigenvalue weighted by atomic mass is 19.4. The largest absolute Gasteiger partial charge is 0.416 e. The second-order valence-electron chi connectivity index (χ2n) is 7.15. The highest BCUT2D eigenvalue weighted by Crippen LogP contribution is 2.32. The number of amides is 1. The number of hydrogen-bond donors (Lipinski definition) is 2. The molecule has 0 aliphatic rings. The summed E-state index contributed by atoms with van der Waals surface area (Å²) in [6.45, 7) is 8.99. The van der Waals surface area contributed by atoms with E-state index in [1.807, 2.05) is 0 Å². The predicted octanol–water partition coefficient (Wildman–Crippen LogP) is 5.95. The second-order valence-corrected chi connectivity index (χ2v) is 7.15. The monoisotopic (exact) mass is 420 g/mol. The number of anilines is 1. The molecule has 2 N–H and O–H groups in total. The second kappa shape index (κ2) is 9.61. The lowest BCUT2D eigenvalue weighted by atomic mass is 10.0. The van der Waals surface area contributed by atoms with E-state index < -0.39 is 17.6 Å². The van der Waals surface area contributed by atoms with Gasteiger partial charge in [0.25, 0.3) is 0 Å². The van der Waals surface area contributed by atoms with E-state index >= 15 is 0 Å². The van der Waals surface area contributed by atoms with Crippen LogP contribution in [-0.4, -0.2) is 11.9 Å². The Balaban J connectivity index is 2.14. The number of benzene rings is 2. The molecule has 30 heavy (non-hydrogen) atoms. The van der Waals surface area contributed by atoms with Crippen LogP contribution in [0.3, 0.4) is 0 Å². The molecule has 2 aromatic carbocycles. The minimum absolute atomic E-state index is 0.0926. The fourth-order valence-corrected chi connectivity index (χ4v) is 2.80. The van der Waals surface area contributed by atoms with Gasteiger partial charge < -0.3 is 10.6 Å². The summed E-state index contributed by atoms with van der Waals surface area (Å²) in [4.78, 5) is 12.1. The minimum atomic E-state index is -4.46. The molecule has 1 amide bonds. The van der Waals surface area contributed by atoms with Crippen LogP contribution < -0.4 is 10.6 Å². The maximum absolute atomic E-state index is 13.9. The molecule has 160 valence electrons. The average Bonchev–Trinajstić information content (AvgIpc) is 2.66. The van der Waals surface area contributed by atoms with E-state index in [0.717, 1.165) is 12.1 Å². The fourth-order valence-electron chi connectivity index (χ4n) is 2.80. The maximum atomic E-state index is 13.9. The zero-order chi connectivity index (χ0) is 22.5. The Morgan fingerprint density at radius 2 is 1.87 bits per heavy atom. The Bertz CT molecular complexity index is 962. The number of halogens is 4. The van der Waals surface area contributed by atoms with E-state index in [2.05, 4.69) is 17.2 Å². The van der Waals surface area contributed by atoms with Crippen molar-refractivity contribution in [3.63, 3.8) is 0 Å². The molecular formula is C23H24F4N2O. The number of rotatable bonds is 7. The van der Waals surface area contributed by atoms with Gasteiger partial charge >= 0.3 is 6.18 Å². The highest BCUT2D eigenvalue weighted by Gasteiger charge is 2.30. The van der Waals surface area contributed by atoms with Crippen LogP contribution in [0.25, 0.3) is 12.2 Å². The quantitative estimate of drug-likeness (QED) is 0.430. The van der Waals surface area contributed by atoms with E-state index in [9.17, 15) is 22.4 Å². The van der Waals surface area contributed by atoms with Crippen LogP contribution in [0.1, 0.15) is 41.7 Å². The van der Waals surface area contributed by atoms with E-state index in [1.54, 1.807) is 26.8 Å². The first kappa shape index (κ1) is 23.2. The molecule has 0 saturated carbocycles. The summed E-state index contributed by atoms with van der Waals surface area (Å²) in [5.74, 6) is -0.840. The molecule has 0 saturated heterocycles. The summed E-state index contributed by atoms with van der Waals surface area (Å²) in [7, 11) is 0. The topological polar surface area (TPSA) is 41.1 Å². The van der Waals surface area contributed by atoms with Gasteiger partial charge in [0, 0.05) is 24.4 Å². The summed E-state index contributed by atoms with van der Waals surface area (Å²) in [5.41, 5.74) is 1.65. The molecular weight excluding hydrogens is 396 g/mol. The Kier molecular flexibility index (Phi) is 7.43.